The molecule has 0 aromatic heterocycles. The van der Waals surface area contributed by atoms with Gasteiger partial charge in [0.25, 0.3) is 0 Å². The fourth-order valence-corrected chi connectivity index (χ4v) is 1.92. The average molecular weight is 256 g/mol. The summed E-state index contributed by atoms with van der Waals surface area (Å²) in [6.07, 6.45) is 0.0447. The monoisotopic (exact) mass is 256 g/mol. The summed E-state index contributed by atoms with van der Waals surface area (Å²) in [6, 6.07) is 0. The molecule has 18 heavy (non-hydrogen) atoms. The Labute approximate surface area is 107 Å². The molecule has 0 aromatic rings. The minimum absolute atomic E-state index is 0.107. The van der Waals surface area contributed by atoms with Gasteiger partial charge in [0.05, 0.1) is 0 Å². The molecule has 1 aliphatic rings. The third kappa shape index (κ3) is 4.35. The van der Waals surface area contributed by atoms with E-state index in [1.165, 1.54) is 4.90 Å². The number of aliphatic carboxylic acids is 1. The van der Waals surface area contributed by atoms with Crippen molar-refractivity contribution in [2.24, 2.45) is 5.92 Å². The molecule has 0 bridgehead atoms. The first-order chi connectivity index (χ1) is 8.40. The van der Waals surface area contributed by atoms with Gasteiger partial charge in [-0.2, -0.15) is 0 Å². The van der Waals surface area contributed by atoms with Gasteiger partial charge >= 0.3 is 5.97 Å². The maximum Gasteiger partial charge on any atom is 0.312 e. The molecular formula is C12H20N2O4. The van der Waals surface area contributed by atoms with E-state index in [2.05, 4.69) is 0 Å². The van der Waals surface area contributed by atoms with Gasteiger partial charge in [-0.3, -0.25) is 14.4 Å². The Morgan fingerprint density at radius 3 is 1.83 bits per heavy atom. The smallest absolute Gasteiger partial charge is 0.312 e. The van der Waals surface area contributed by atoms with Gasteiger partial charge in [0.1, 0.15) is 6.42 Å². The maximum atomic E-state index is 11.8. The van der Waals surface area contributed by atoms with E-state index in [0.717, 1.165) is 0 Å². The standard InChI is InChI=1S/C12H20N2O4/c1-9(2)7-10(15)13-3-5-14(6-4-13)11(16)8-12(17)18/h9H,3-8H2,1-2H3,(H,17,18). The maximum absolute atomic E-state index is 11.8. The molecule has 0 radical (unpaired) electrons. The third-order valence-corrected chi connectivity index (χ3v) is 2.87. The molecule has 102 valence electrons. The van der Waals surface area contributed by atoms with E-state index in [9.17, 15) is 14.4 Å². The SMILES string of the molecule is CC(C)CC(=O)N1CCN(C(=O)CC(=O)O)CC1. The fraction of sp³-hybridized carbons (Fsp3) is 0.750. The van der Waals surface area contributed by atoms with Gasteiger partial charge in [0, 0.05) is 32.6 Å². The van der Waals surface area contributed by atoms with Crippen LogP contribution in [0.3, 0.4) is 0 Å². The first kappa shape index (κ1) is 14.5. The average Bonchev–Trinajstić information content (AvgIpc) is 2.27. The number of nitrogens with zero attached hydrogens (tertiary/aromatic N) is 2. The van der Waals surface area contributed by atoms with Gasteiger partial charge < -0.3 is 14.9 Å². The van der Waals surface area contributed by atoms with Crippen molar-refractivity contribution in [1.29, 1.82) is 0 Å². The number of hydrogen-bond acceptors (Lipinski definition) is 3. The predicted molar refractivity (Wildman–Crippen MR) is 64.9 cm³/mol. The molecule has 0 unspecified atom stereocenters. The van der Waals surface area contributed by atoms with E-state index in [0.29, 0.717) is 38.5 Å². The molecule has 1 saturated heterocycles. The molecule has 1 rings (SSSR count). The number of carbonyl (C=O) groups is 3. The van der Waals surface area contributed by atoms with Crippen LogP contribution in [0.1, 0.15) is 26.7 Å². The van der Waals surface area contributed by atoms with Crippen LogP contribution in [-0.4, -0.2) is 58.9 Å². The van der Waals surface area contributed by atoms with Crippen LogP contribution in [0, 0.1) is 5.92 Å². The summed E-state index contributed by atoms with van der Waals surface area (Å²) in [5, 5.41) is 8.54. The Hall–Kier alpha value is -1.59. The molecule has 6 nitrogen and oxygen atoms in total. The largest absolute Gasteiger partial charge is 0.481 e. The van der Waals surface area contributed by atoms with Crippen LogP contribution in [0.25, 0.3) is 0 Å². The van der Waals surface area contributed by atoms with Gasteiger partial charge in [0.15, 0.2) is 0 Å². The molecule has 1 N–H and O–H groups in total. The van der Waals surface area contributed by atoms with Crippen LogP contribution in [0.15, 0.2) is 0 Å². The summed E-state index contributed by atoms with van der Waals surface area (Å²) >= 11 is 0. The van der Waals surface area contributed by atoms with E-state index in [1.807, 2.05) is 13.8 Å². The molecule has 1 fully saturated rings. The molecule has 0 saturated carbocycles. The highest BCUT2D eigenvalue weighted by molar-refractivity contribution is 5.93. The molecule has 0 atom stereocenters. The number of carboxylic acid groups (broad SMARTS) is 1. The van der Waals surface area contributed by atoms with Crippen LogP contribution in [-0.2, 0) is 14.4 Å². The summed E-state index contributed by atoms with van der Waals surface area (Å²) in [7, 11) is 0. The first-order valence-corrected chi connectivity index (χ1v) is 6.17. The summed E-state index contributed by atoms with van der Waals surface area (Å²) in [4.78, 5) is 37.0. The number of piperazine rings is 1. The highest BCUT2D eigenvalue weighted by atomic mass is 16.4. The second kappa shape index (κ2) is 6.37. The lowest BCUT2D eigenvalue weighted by Crippen LogP contribution is -2.51. The lowest BCUT2D eigenvalue weighted by atomic mass is 10.1. The van der Waals surface area contributed by atoms with Crippen LogP contribution in [0.5, 0.6) is 0 Å². The summed E-state index contributed by atoms with van der Waals surface area (Å²) < 4.78 is 0. The van der Waals surface area contributed by atoms with Crippen LogP contribution < -0.4 is 0 Å². The van der Waals surface area contributed by atoms with Crippen molar-refractivity contribution in [3.8, 4) is 0 Å². The fourth-order valence-electron chi connectivity index (χ4n) is 1.92. The van der Waals surface area contributed by atoms with Crippen molar-refractivity contribution < 1.29 is 19.5 Å². The minimum atomic E-state index is -1.11. The van der Waals surface area contributed by atoms with Gasteiger partial charge in [0.2, 0.25) is 11.8 Å². The zero-order chi connectivity index (χ0) is 13.7. The summed E-state index contributed by atoms with van der Waals surface area (Å²) in [5.74, 6) is -1.06. The van der Waals surface area contributed by atoms with E-state index in [1.54, 1.807) is 4.90 Å². The zero-order valence-electron chi connectivity index (χ0n) is 10.9. The number of rotatable bonds is 4. The lowest BCUT2D eigenvalue weighted by Gasteiger charge is -2.35. The molecule has 2 amide bonds. The highest BCUT2D eigenvalue weighted by Gasteiger charge is 2.25. The Bertz CT molecular complexity index is 333. The molecule has 0 aliphatic carbocycles. The van der Waals surface area contributed by atoms with Crippen molar-refractivity contribution in [1.82, 2.24) is 9.80 Å². The number of carboxylic acids is 1. The Balaban J connectivity index is 2.39. The van der Waals surface area contributed by atoms with E-state index < -0.39 is 12.4 Å². The molecule has 0 aromatic carbocycles. The molecule has 0 spiro atoms. The highest BCUT2D eigenvalue weighted by Crippen LogP contribution is 2.09. The number of carbonyl (C=O) groups excluding carboxylic acids is 2. The molecule has 6 heteroatoms. The van der Waals surface area contributed by atoms with Crippen LogP contribution in [0.4, 0.5) is 0 Å². The topological polar surface area (TPSA) is 77.9 Å². The second-order valence-electron chi connectivity index (χ2n) is 4.93. The van der Waals surface area contributed by atoms with Crippen molar-refractivity contribution in [2.45, 2.75) is 26.7 Å². The van der Waals surface area contributed by atoms with Crippen molar-refractivity contribution in [2.75, 3.05) is 26.2 Å². The normalized spacial score (nSPS) is 15.9. The van der Waals surface area contributed by atoms with Gasteiger partial charge in [-0.25, -0.2) is 0 Å². The number of amides is 2. The van der Waals surface area contributed by atoms with E-state index in [-0.39, 0.29) is 11.8 Å². The summed E-state index contributed by atoms with van der Waals surface area (Å²) in [6.45, 7) is 5.83. The van der Waals surface area contributed by atoms with Crippen LogP contribution >= 0.6 is 0 Å². The molecule has 1 heterocycles. The van der Waals surface area contributed by atoms with E-state index in [4.69, 9.17) is 5.11 Å². The Kier molecular flexibility index (Phi) is 5.12. The number of hydrogen-bond donors (Lipinski definition) is 1. The third-order valence-electron chi connectivity index (χ3n) is 2.87. The quantitative estimate of drug-likeness (QED) is 0.728. The summed E-state index contributed by atoms with van der Waals surface area (Å²) in [5.41, 5.74) is 0. The molecular weight excluding hydrogens is 236 g/mol. The Morgan fingerprint density at radius 1 is 1.00 bits per heavy atom. The molecule has 1 aliphatic heterocycles. The van der Waals surface area contributed by atoms with Crippen molar-refractivity contribution >= 4 is 17.8 Å². The van der Waals surface area contributed by atoms with Gasteiger partial charge in [-0.05, 0) is 5.92 Å². The predicted octanol–water partition coefficient (Wildman–Crippen LogP) is 0.178. The van der Waals surface area contributed by atoms with Gasteiger partial charge in [-0.15, -0.1) is 0 Å². The van der Waals surface area contributed by atoms with Crippen molar-refractivity contribution in [3.63, 3.8) is 0 Å². The van der Waals surface area contributed by atoms with Gasteiger partial charge in [-0.1, -0.05) is 13.8 Å². The van der Waals surface area contributed by atoms with Crippen molar-refractivity contribution in [3.05, 3.63) is 0 Å². The zero-order valence-corrected chi connectivity index (χ0v) is 10.9. The second-order valence-corrected chi connectivity index (χ2v) is 4.93. The van der Waals surface area contributed by atoms with E-state index >= 15 is 0 Å². The van der Waals surface area contributed by atoms with Crippen LogP contribution in [0.2, 0.25) is 0 Å². The Morgan fingerprint density at radius 2 is 1.44 bits per heavy atom. The lowest BCUT2D eigenvalue weighted by molar-refractivity contribution is -0.147. The first-order valence-electron chi connectivity index (χ1n) is 6.17. The minimum Gasteiger partial charge on any atom is -0.481 e.